The number of phenolic OH excluding ortho intramolecular Hbond substituents is 1. The number of benzene rings is 2. The molecule has 0 unspecified atom stereocenters. The van der Waals surface area contributed by atoms with E-state index < -0.39 is 29.4 Å². The molecule has 0 spiro atoms. The second-order valence-electron chi connectivity index (χ2n) is 4.72. The van der Waals surface area contributed by atoms with Crippen LogP contribution >= 0.6 is 0 Å². The normalized spacial score (nSPS) is 11.0. The lowest BCUT2D eigenvalue weighted by Gasteiger charge is -2.11. The van der Waals surface area contributed by atoms with Gasteiger partial charge in [-0.15, -0.1) is 0 Å². The molecule has 1 amide bonds. The Morgan fingerprint density at radius 2 is 1.71 bits per heavy atom. The minimum Gasteiger partial charge on any atom is -0.505 e. The number of carbonyl (C=O) groups is 2. The maximum absolute atomic E-state index is 12.5. The molecule has 24 heavy (non-hydrogen) atoms. The highest BCUT2D eigenvalue weighted by atomic mass is 19.4. The zero-order chi connectivity index (χ0) is 17.9. The van der Waals surface area contributed by atoms with E-state index in [4.69, 9.17) is 0 Å². The third-order valence-electron chi connectivity index (χ3n) is 3.16. The highest BCUT2D eigenvalue weighted by Gasteiger charge is 2.30. The van der Waals surface area contributed by atoms with Crippen molar-refractivity contribution in [3.05, 3.63) is 59.2 Å². The SMILES string of the molecule is COC(=O)c1cccc(NC(=O)c2ccc(C(F)(F)F)cc2)c1O. The van der Waals surface area contributed by atoms with Crippen molar-refractivity contribution in [2.45, 2.75) is 6.18 Å². The summed E-state index contributed by atoms with van der Waals surface area (Å²) in [6.07, 6.45) is -4.50. The van der Waals surface area contributed by atoms with Crippen LogP contribution < -0.4 is 5.32 Å². The Morgan fingerprint density at radius 3 is 2.25 bits per heavy atom. The number of carbonyl (C=O) groups excluding carboxylic acids is 2. The van der Waals surface area contributed by atoms with E-state index in [9.17, 15) is 27.9 Å². The summed E-state index contributed by atoms with van der Waals surface area (Å²) in [6.45, 7) is 0. The summed E-state index contributed by atoms with van der Waals surface area (Å²) >= 11 is 0. The Kier molecular flexibility index (Phi) is 4.77. The van der Waals surface area contributed by atoms with Gasteiger partial charge in [0.2, 0.25) is 0 Å². The maximum atomic E-state index is 12.5. The van der Waals surface area contributed by atoms with E-state index in [2.05, 4.69) is 10.1 Å². The number of hydrogen-bond acceptors (Lipinski definition) is 4. The summed E-state index contributed by atoms with van der Waals surface area (Å²) < 4.78 is 42.0. The van der Waals surface area contributed by atoms with Gasteiger partial charge < -0.3 is 15.2 Å². The van der Waals surface area contributed by atoms with Gasteiger partial charge in [-0.25, -0.2) is 4.79 Å². The predicted molar refractivity (Wildman–Crippen MR) is 78.8 cm³/mol. The van der Waals surface area contributed by atoms with Crippen molar-refractivity contribution in [3.63, 3.8) is 0 Å². The summed E-state index contributed by atoms with van der Waals surface area (Å²) in [5.41, 5.74) is -1.13. The molecule has 2 aromatic carbocycles. The number of anilines is 1. The average Bonchev–Trinajstić information content (AvgIpc) is 2.55. The molecule has 0 atom stereocenters. The van der Waals surface area contributed by atoms with Crippen molar-refractivity contribution in [1.29, 1.82) is 0 Å². The maximum Gasteiger partial charge on any atom is 0.416 e. The summed E-state index contributed by atoms with van der Waals surface area (Å²) in [5.74, 6) is -2.02. The highest BCUT2D eigenvalue weighted by molar-refractivity contribution is 6.06. The first-order valence-corrected chi connectivity index (χ1v) is 6.63. The monoisotopic (exact) mass is 339 g/mol. The molecular weight excluding hydrogens is 327 g/mol. The van der Waals surface area contributed by atoms with Crippen molar-refractivity contribution in [1.82, 2.24) is 0 Å². The Balaban J connectivity index is 2.23. The molecule has 0 heterocycles. The van der Waals surface area contributed by atoms with Gasteiger partial charge in [0, 0.05) is 5.56 Å². The molecule has 0 radical (unpaired) electrons. The van der Waals surface area contributed by atoms with Crippen LogP contribution in [-0.2, 0) is 10.9 Å². The van der Waals surface area contributed by atoms with Crippen LogP contribution in [0.2, 0.25) is 0 Å². The van der Waals surface area contributed by atoms with Crippen LogP contribution in [0.1, 0.15) is 26.3 Å². The molecule has 0 bridgehead atoms. The van der Waals surface area contributed by atoms with Crippen LogP contribution in [0.4, 0.5) is 18.9 Å². The molecular formula is C16H12F3NO4. The zero-order valence-electron chi connectivity index (χ0n) is 12.3. The molecule has 2 aromatic rings. The number of esters is 1. The van der Waals surface area contributed by atoms with Crippen molar-refractivity contribution < 1.29 is 32.6 Å². The number of aromatic hydroxyl groups is 1. The second-order valence-corrected chi connectivity index (χ2v) is 4.72. The molecule has 0 aliphatic heterocycles. The molecule has 0 saturated carbocycles. The van der Waals surface area contributed by atoms with Gasteiger partial charge in [-0.2, -0.15) is 13.2 Å². The van der Waals surface area contributed by atoms with Gasteiger partial charge in [0.25, 0.3) is 5.91 Å². The fourth-order valence-electron chi connectivity index (χ4n) is 1.92. The Bertz CT molecular complexity index is 770. The smallest absolute Gasteiger partial charge is 0.416 e. The number of para-hydroxylation sites is 1. The van der Waals surface area contributed by atoms with Gasteiger partial charge in [0.15, 0.2) is 5.75 Å². The van der Waals surface area contributed by atoms with Gasteiger partial charge in [-0.3, -0.25) is 4.79 Å². The van der Waals surface area contributed by atoms with E-state index >= 15 is 0 Å². The van der Waals surface area contributed by atoms with Crippen molar-refractivity contribution in [3.8, 4) is 5.75 Å². The minimum absolute atomic E-state index is 0.0362. The van der Waals surface area contributed by atoms with Crippen LogP contribution in [0.3, 0.4) is 0 Å². The van der Waals surface area contributed by atoms with Gasteiger partial charge in [0.1, 0.15) is 5.56 Å². The molecule has 0 aromatic heterocycles. The summed E-state index contributed by atoms with van der Waals surface area (Å²) in [4.78, 5) is 23.5. The van der Waals surface area contributed by atoms with Crippen LogP contribution in [-0.4, -0.2) is 24.1 Å². The number of rotatable bonds is 3. The van der Waals surface area contributed by atoms with E-state index in [0.717, 1.165) is 31.4 Å². The molecule has 0 aliphatic carbocycles. The first-order chi connectivity index (χ1) is 11.2. The third kappa shape index (κ3) is 3.65. The van der Waals surface area contributed by atoms with Crippen LogP contribution in [0, 0.1) is 0 Å². The van der Waals surface area contributed by atoms with Crippen LogP contribution in [0.15, 0.2) is 42.5 Å². The lowest BCUT2D eigenvalue weighted by molar-refractivity contribution is -0.137. The zero-order valence-corrected chi connectivity index (χ0v) is 12.3. The number of alkyl halides is 3. The molecule has 0 saturated heterocycles. The molecule has 126 valence electrons. The quantitative estimate of drug-likeness (QED) is 0.663. The lowest BCUT2D eigenvalue weighted by atomic mass is 10.1. The molecule has 0 fully saturated rings. The van der Waals surface area contributed by atoms with E-state index in [1.807, 2.05) is 0 Å². The van der Waals surface area contributed by atoms with Gasteiger partial charge in [-0.1, -0.05) is 6.07 Å². The van der Waals surface area contributed by atoms with E-state index in [1.54, 1.807) is 0 Å². The molecule has 2 rings (SSSR count). The Morgan fingerprint density at radius 1 is 1.08 bits per heavy atom. The number of hydrogen-bond donors (Lipinski definition) is 2. The fraction of sp³-hybridized carbons (Fsp3) is 0.125. The third-order valence-corrected chi connectivity index (χ3v) is 3.16. The average molecular weight is 339 g/mol. The largest absolute Gasteiger partial charge is 0.505 e. The fourth-order valence-corrected chi connectivity index (χ4v) is 1.92. The van der Waals surface area contributed by atoms with Crippen molar-refractivity contribution >= 4 is 17.6 Å². The Hall–Kier alpha value is -3.03. The first-order valence-electron chi connectivity index (χ1n) is 6.63. The number of methoxy groups -OCH3 is 1. The second kappa shape index (κ2) is 6.61. The number of amides is 1. The Labute approximate surface area is 134 Å². The number of phenols is 1. The van der Waals surface area contributed by atoms with Crippen LogP contribution in [0.5, 0.6) is 5.75 Å². The topological polar surface area (TPSA) is 75.6 Å². The van der Waals surface area contributed by atoms with Crippen molar-refractivity contribution in [2.75, 3.05) is 12.4 Å². The van der Waals surface area contributed by atoms with E-state index in [-0.39, 0.29) is 16.8 Å². The number of halogens is 3. The number of ether oxygens (including phenoxy) is 1. The first kappa shape index (κ1) is 17.3. The predicted octanol–water partition coefficient (Wildman–Crippen LogP) is 3.45. The van der Waals surface area contributed by atoms with Gasteiger partial charge in [0.05, 0.1) is 18.4 Å². The molecule has 0 aliphatic rings. The highest BCUT2D eigenvalue weighted by Crippen LogP contribution is 2.30. The lowest BCUT2D eigenvalue weighted by Crippen LogP contribution is -2.13. The van der Waals surface area contributed by atoms with Gasteiger partial charge >= 0.3 is 12.1 Å². The van der Waals surface area contributed by atoms with E-state index in [1.165, 1.54) is 18.2 Å². The molecule has 8 heteroatoms. The standard InChI is InChI=1S/C16H12F3NO4/c1-24-15(23)11-3-2-4-12(13(11)21)20-14(22)9-5-7-10(8-6-9)16(17,18)19/h2-8,21H,1H3,(H,20,22). The van der Waals surface area contributed by atoms with E-state index in [0.29, 0.717) is 0 Å². The summed E-state index contributed by atoms with van der Waals surface area (Å²) in [6, 6.07) is 7.63. The van der Waals surface area contributed by atoms with Gasteiger partial charge in [-0.05, 0) is 36.4 Å². The molecule has 5 nitrogen and oxygen atoms in total. The van der Waals surface area contributed by atoms with Crippen LogP contribution in [0.25, 0.3) is 0 Å². The van der Waals surface area contributed by atoms with Crippen molar-refractivity contribution in [2.24, 2.45) is 0 Å². The summed E-state index contributed by atoms with van der Waals surface area (Å²) in [5, 5.41) is 12.3. The number of nitrogens with one attached hydrogen (secondary N) is 1. The summed E-state index contributed by atoms with van der Waals surface area (Å²) in [7, 11) is 1.13. The molecule has 2 N–H and O–H groups in total. The minimum atomic E-state index is -4.50.